The number of pyridine rings is 1. The molecule has 0 atom stereocenters. The van der Waals surface area contributed by atoms with E-state index in [1.54, 1.807) is 0 Å². The normalized spacial score (nSPS) is 11.0. The van der Waals surface area contributed by atoms with Gasteiger partial charge in [-0.3, -0.25) is 10.1 Å². The van der Waals surface area contributed by atoms with E-state index in [9.17, 15) is 9.59 Å². The molecule has 0 bridgehead atoms. The van der Waals surface area contributed by atoms with E-state index in [1.807, 2.05) is 49.0 Å². The van der Waals surface area contributed by atoms with Crippen LogP contribution < -0.4 is 5.32 Å². The molecule has 7 nitrogen and oxygen atoms in total. The topological polar surface area (TPSA) is 86.1 Å². The molecule has 4 aromatic heterocycles. The molecular weight excluding hydrogens is 396 g/mol. The zero-order valence-electron chi connectivity index (χ0n) is 15.3. The van der Waals surface area contributed by atoms with Crippen molar-refractivity contribution in [2.75, 3.05) is 12.4 Å². The number of methoxy groups -OCH3 is 1. The van der Waals surface area contributed by atoms with Crippen LogP contribution in [-0.4, -0.2) is 33.5 Å². The first kappa shape index (κ1) is 18.3. The highest BCUT2D eigenvalue weighted by Gasteiger charge is 2.23. The Morgan fingerprint density at radius 1 is 1.18 bits per heavy atom. The fourth-order valence-electron chi connectivity index (χ4n) is 2.99. The highest BCUT2D eigenvalue weighted by Crippen LogP contribution is 2.36. The number of hydrogen-bond acceptors (Lipinski definition) is 7. The van der Waals surface area contributed by atoms with E-state index in [-0.39, 0.29) is 5.91 Å². The maximum atomic E-state index is 13.1. The van der Waals surface area contributed by atoms with Crippen molar-refractivity contribution in [3.63, 3.8) is 0 Å². The van der Waals surface area contributed by atoms with Crippen molar-refractivity contribution in [3.8, 4) is 5.69 Å². The molecule has 4 rings (SSSR count). The van der Waals surface area contributed by atoms with E-state index >= 15 is 0 Å². The smallest absolute Gasteiger partial charge is 0.349 e. The Bertz CT molecular complexity index is 1190. The fourth-order valence-corrected chi connectivity index (χ4v) is 4.91. The lowest BCUT2D eigenvalue weighted by atomic mass is 10.1. The molecule has 0 aliphatic rings. The lowest BCUT2D eigenvalue weighted by Gasteiger charge is -2.07. The van der Waals surface area contributed by atoms with Crippen LogP contribution in [0.1, 0.15) is 30.6 Å². The number of aromatic nitrogens is 3. The number of ether oxygens (including phenoxy) is 1. The maximum Gasteiger partial charge on any atom is 0.349 e. The number of rotatable bonds is 4. The number of amides is 1. The molecule has 1 amide bonds. The van der Waals surface area contributed by atoms with Crippen LogP contribution in [0.15, 0.2) is 36.8 Å². The van der Waals surface area contributed by atoms with Crippen molar-refractivity contribution in [2.45, 2.75) is 13.8 Å². The van der Waals surface area contributed by atoms with Crippen molar-refractivity contribution < 1.29 is 14.3 Å². The summed E-state index contributed by atoms with van der Waals surface area (Å²) in [5.41, 5.74) is 2.75. The van der Waals surface area contributed by atoms with Gasteiger partial charge in [0.05, 0.1) is 19.0 Å². The van der Waals surface area contributed by atoms with Crippen molar-refractivity contribution >= 4 is 49.9 Å². The molecule has 0 radical (unpaired) electrons. The van der Waals surface area contributed by atoms with Crippen LogP contribution >= 0.6 is 22.7 Å². The minimum Gasteiger partial charge on any atom is -0.465 e. The molecule has 28 heavy (non-hydrogen) atoms. The average molecular weight is 412 g/mol. The number of nitrogens with zero attached hydrogens (tertiary/aromatic N) is 3. The second kappa shape index (κ2) is 7.17. The third-order valence-corrected chi connectivity index (χ3v) is 6.11. The van der Waals surface area contributed by atoms with E-state index in [2.05, 4.69) is 20.0 Å². The predicted molar refractivity (Wildman–Crippen MR) is 110 cm³/mol. The lowest BCUT2D eigenvalue weighted by Crippen LogP contribution is -2.12. The van der Waals surface area contributed by atoms with Gasteiger partial charge in [0, 0.05) is 23.5 Å². The standard InChI is InChI=1S/C19H16N4O3S2/c1-10-8-11(2)21-17-13(10)14(23-6-4-5-7-23)15(28-17)16(24)22-19-20-9-12(27-19)18(25)26-3/h4-9H,1-3H3,(H,20,22,24). The van der Waals surface area contributed by atoms with Gasteiger partial charge in [0.2, 0.25) is 0 Å². The SMILES string of the molecule is COC(=O)c1cnc(NC(=O)c2sc3nc(C)cc(C)c3c2-n2cccc2)s1. The molecule has 0 aliphatic heterocycles. The summed E-state index contributed by atoms with van der Waals surface area (Å²) in [6.45, 7) is 3.95. The third kappa shape index (κ3) is 3.19. The summed E-state index contributed by atoms with van der Waals surface area (Å²) >= 11 is 2.41. The Balaban J connectivity index is 1.78. The molecule has 142 valence electrons. The third-order valence-electron chi connectivity index (χ3n) is 4.14. The fraction of sp³-hybridized carbons (Fsp3) is 0.158. The number of fused-ring (bicyclic) bond motifs is 1. The monoisotopic (exact) mass is 412 g/mol. The number of nitrogens with one attached hydrogen (secondary N) is 1. The van der Waals surface area contributed by atoms with E-state index in [0.29, 0.717) is 14.9 Å². The van der Waals surface area contributed by atoms with Crippen LogP contribution in [0, 0.1) is 13.8 Å². The molecule has 0 spiro atoms. The molecule has 0 fully saturated rings. The number of aryl methyl sites for hydroxylation is 2. The number of anilines is 1. The molecule has 0 aromatic carbocycles. The highest BCUT2D eigenvalue weighted by molar-refractivity contribution is 7.21. The summed E-state index contributed by atoms with van der Waals surface area (Å²) in [6, 6.07) is 5.82. The van der Waals surface area contributed by atoms with E-state index in [1.165, 1.54) is 24.6 Å². The van der Waals surface area contributed by atoms with E-state index < -0.39 is 5.97 Å². The maximum absolute atomic E-state index is 13.1. The summed E-state index contributed by atoms with van der Waals surface area (Å²) in [5, 5.41) is 4.07. The van der Waals surface area contributed by atoms with Crippen LogP contribution in [0.2, 0.25) is 0 Å². The van der Waals surface area contributed by atoms with E-state index in [0.717, 1.165) is 38.5 Å². The van der Waals surface area contributed by atoms with Gasteiger partial charge in [-0.1, -0.05) is 11.3 Å². The van der Waals surface area contributed by atoms with Crippen molar-refractivity contribution in [2.24, 2.45) is 0 Å². The Hall–Kier alpha value is -3.04. The molecule has 0 aliphatic carbocycles. The zero-order valence-corrected chi connectivity index (χ0v) is 17.0. The minimum absolute atomic E-state index is 0.297. The first-order chi connectivity index (χ1) is 13.5. The number of carbonyl (C=O) groups excluding carboxylic acids is 2. The molecule has 9 heteroatoms. The van der Waals surface area contributed by atoms with Gasteiger partial charge in [-0.25, -0.2) is 14.8 Å². The van der Waals surface area contributed by atoms with Gasteiger partial charge in [-0.15, -0.1) is 11.3 Å². The lowest BCUT2D eigenvalue weighted by molar-refractivity contribution is 0.0606. The predicted octanol–water partition coefficient (Wildman–Crippen LogP) is 4.20. The molecular formula is C19H16N4O3S2. The average Bonchev–Trinajstić information content (AvgIpc) is 3.39. The number of thiazole rings is 1. The van der Waals surface area contributed by atoms with Crippen LogP contribution in [0.4, 0.5) is 5.13 Å². The van der Waals surface area contributed by atoms with Crippen molar-refractivity contribution in [3.05, 3.63) is 57.8 Å². The van der Waals surface area contributed by atoms with Gasteiger partial charge in [-0.05, 0) is 37.6 Å². The zero-order chi connectivity index (χ0) is 19.8. The highest BCUT2D eigenvalue weighted by atomic mass is 32.1. The van der Waals surface area contributed by atoms with Gasteiger partial charge >= 0.3 is 5.97 Å². The van der Waals surface area contributed by atoms with E-state index in [4.69, 9.17) is 0 Å². The second-order valence-corrected chi connectivity index (χ2v) is 8.14. The van der Waals surface area contributed by atoms with Gasteiger partial charge in [0.25, 0.3) is 5.91 Å². The Morgan fingerprint density at radius 3 is 2.64 bits per heavy atom. The first-order valence-electron chi connectivity index (χ1n) is 8.37. The summed E-state index contributed by atoms with van der Waals surface area (Å²) in [6.07, 6.45) is 5.19. The molecule has 4 heterocycles. The summed E-state index contributed by atoms with van der Waals surface area (Å²) in [4.78, 5) is 35.0. The number of carbonyl (C=O) groups is 2. The van der Waals surface area contributed by atoms with Crippen molar-refractivity contribution in [1.29, 1.82) is 0 Å². The Morgan fingerprint density at radius 2 is 1.93 bits per heavy atom. The van der Waals surface area contributed by atoms with Crippen LogP contribution in [0.25, 0.3) is 15.9 Å². The number of hydrogen-bond donors (Lipinski definition) is 1. The first-order valence-corrected chi connectivity index (χ1v) is 10.0. The Labute approximate surface area is 168 Å². The molecule has 1 N–H and O–H groups in total. The minimum atomic E-state index is -0.483. The van der Waals surface area contributed by atoms with Gasteiger partial charge in [-0.2, -0.15) is 0 Å². The quantitative estimate of drug-likeness (QED) is 0.508. The number of thiophene rings is 1. The molecule has 0 saturated heterocycles. The Kier molecular flexibility index (Phi) is 4.70. The molecule has 0 unspecified atom stereocenters. The van der Waals surface area contributed by atoms with Crippen LogP contribution in [0.3, 0.4) is 0 Å². The van der Waals surface area contributed by atoms with Crippen LogP contribution in [-0.2, 0) is 4.74 Å². The molecule has 0 saturated carbocycles. The molecule has 4 aromatic rings. The summed E-state index contributed by atoms with van der Waals surface area (Å²) in [7, 11) is 1.30. The largest absolute Gasteiger partial charge is 0.465 e. The van der Waals surface area contributed by atoms with Crippen LogP contribution in [0.5, 0.6) is 0 Å². The van der Waals surface area contributed by atoms with Gasteiger partial charge in [0.1, 0.15) is 14.6 Å². The van der Waals surface area contributed by atoms with Crippen molar-refractivity contribution in [1.82, 2.24) is 14.5 Å². The number of esters is 1. The van der Waals surface area contributed by atoms with Gasteiger partial charge < -0.3 is 9.30 Å². The van der Waals surface area contributed by atoms with Gasteiger partial charge in [0.15, 0.2) is 5.13 Å². The second-order valence-electron chi connectivity index (χ2n) is 6.11. The summed E-state index contributed by atoms with van der Waals surface area (Å²) in [5.74, 6) is -0.780. The summed E-state index contributed by atoms with van der Waals surface area (Å²) < 4.78 is 6.60.